The zero-order valence-corrected chi connectivity index (χ0v) is 12.2. The molecule has 2 aromatic rings. The monoisotopic (exact) mass is 289 g/mol. The van der Waals surface area contributed by atoms with Gasteiger partial charge >= 0.3 is 0 Å². The molecule has 0 saturated carbocycles. The molecule has 0 amide bonds. The highest BCUT2D eigenvalue weighted by Crippen LogP contribution is 2.31. The Hall–Kier alpha value is -1.35. The smallest absolute Gasteiger partial charge is 0.0920 e. The third-order valence-electron chi connectivity index (χ3n) is 3.96. The zero-order valence-electron chi connectivity index (χ0n) is 11.4. The molecule has 0 spiro atoms. The van der Waals surface area contributed by atoms with Crippen molar-refractivity contribution < 1.29 is 5.11 Å². The standard InChI is InChI=1S/C17H19NO.ClH/c19-17(10-12-18-13-11-17)16-8-6-15(7-9-16)14-4-2-1-3-5-14;/h1-9,18-19H,10-13H2;1H. The first kappa shape index (κ1) is 15.0. The Kier molecular flexibility index (Phi) is 4.81. The van der Waals surface area contributed by atoms with Gasteiger partial charge in [-0.15, -0.1) is 12.4 Å². The van der Waals surface area contributed by atoms with E-state index in [1.165, 1.54) is 11.1 Å². The molecule has 0 radical (unpaired) electrons. The minimum Gasteiger partial charge on any atom is -0.385 e. The molecule has 2 N–H and O–H groups in total. The molecule has 2 aromatic carbocycles. The molecule has 0 aliphatic carbocycles. The van der Waals surface area contributed by atoms with E-state index >= 15 is 0 Å². The van der Waals surface area contributed by atoms with Gasteiger partial charge in [0, 0.05) is 0 Å². The SMILES string of the molecule is Cl.OC1(c2ccc(-c3ccccc3)cc2)CCNCC1. The number of halogens is 1. The Morgan fingerprint density at radius 2 is 1.35 bits per heavy atom. The van der Waals surface area contributed by atoms with E-state index < -0.39 is 5.60 Å². The molecule has 0 aromatic heterocycles. The van der Waals surface area contributed by atoms with Crippen molar-refractivity contribution >= 4 is 12.4 Å². The normalized spacial score (nSPS) is 17.2. The maximum absolute atomic E-state index is 10.7. The summed E-state index contributed by atoms with van der Waals surface area (Å²) in [5.74, 6) is 0. The Morgan fingerprint density at radius 1 is 0.800 bits per heavy atom. The van der Waals surface area contributed by atoms with Gasteiger partial charge in [0.15, 0.2) is 0 Å². The maximum Gasteiger partial charge on any atom is 0.0920 e. The minimum absolute atomic E-state index is 0. The van der Waals surface area contributed by atoms with Crippen molar-refractivity contribution in [2.45, 2.75) is 18.4 Å². The minimum atomic E-state index is -0.652. The molecule has 0 unspecified atom stereocenters. The molecular formula is C17H20ClNO. The van der Waals surface area contributed by atoms with Crippen LogP contribution in [-0.2, 0) is 5.60 Å². The van der Waals surface area contributed by atoms with Crippen molar-refractivity contribution in [3.8, 4) is 11.1 Å². The van der Waals surface area contributed by atoms with E-state index in [-0.39, 0.29) is 12.4 Å². The topological polar surface area (TPSA) is 32.3 Å². The summed E-state index contributed by atoms with van der Waals surface area (Å²) < 4.78 is 0. The lowest BCUT2D eigenvalue weighted by atomic mass is 9.84. The number of benzene rings is 2. The zero-order chi connectivity index (χ0) is 13.1. The second-order valence-corrected chi connectivity index (χ2v) is 5.22. The fourth-order valence-corrected chi connectivity index (χ4v) is 2.73. The van der Waals surface area contributed by atoms with Crippen LogP contribution in [0.15, 0.2) is 54.6 Å². The largest absolute Gasteiger partial charge is 0.385 e. The summed E-state index contributed by atoms with van der Waals surface area (Å²) in [5.41, 5.74) is 2.79. The number of nitrogens with one attached hydrogen (secondary N) is 1. The Balaban J connectivity index is 0.00000147. The lowest BCUT2D eigenvalue weighted by Crippen LogP contribution is -2.39. The predicted octanol–water partition coefficient (Wildman–Crippen LogP) is 3.35. The number of rotatable bonds is 2. The second-order valence-electron chi connectivity index (χ2n) is 5.22. The summed E-state index contributed by atoms with van der Waals surface area (Å²) in [6, 6.07) is 18.7. The van der Waals surface area contributed by atoms with Crippen molar-refractivity contribution in [2.75, 3.05) is 13.1 Å². The van der Waals surface area contributed by atoms with E-state index in [0.717, 1.165) is 31.5 Å². The number of hydrogen-bond acceptors (Lipinski definition) is 2. The van der Waals surface area contributed by atoms with E-state index in [9.17, 15) is 5.11 Å². The van der Waals surface area contributed by atoms with Gasteiger partial charge in [0.25, 0.3) is 0 Å². The van der Waals surface area contributed by atoms with E-state index in [1.54, 1.807) is 0 Å². The van der Waals surface area contributed by atoms with Crippen LogP contribution in [-0.4, -0.2) is 18.2 Å². The van der Waals surface area contributed by atoms with Gasteiger partial charge < -0.3 is 10.4 Å². The summed E-state index contributed by atoms with van der Waals surface area (Å²) in [4.78, 5) is 0. The summed E-state index contributed by atoms with van der Waals surface area (Å²) in [6.45, 7) is 1.77. The van der Waals surface area contributed by atoms with Crippen LogP contribution in [0.25, 0.3) is 11.1 Å². The van der Waals surface area contributed by atoms with E-state index in [2.05, 4.69) is 41.7 Å². The molecule has 106 valence electrons. The first-order chi connectivity index (χ1) is 9.28. The van der Waals surface area contributed by atoms with Crippen LogP contribution in [0.4, 0.5) is 0 Å². The highest BCUT2D eigenvalue weighted by molar-refractivity contribution is 5.85. The van der Waals surface area contributed by atoms with Crippen LogP contribution in [0.3, 0.4) is 0 Å². The predicted molar refractivity (Wildman–Crippen MR) is 85.1 cm³/mol. The lowest BCUT2D eigenvalue weighted by Gasteiger charge is -2.33. The molecule has 1 fully saturated rings. The Morgan fingerprint density at radius 3 is 1.95 bits per heavy atom. The maximum atomic E-state index is 10.7. The van der Waals surface area contributed by atoms with Gasteiger partial charge in [-0.25, -0.2) is 0 Å². The molecule has 1 aliphatic heterocycles. The highest BCUT2D eigenvalue weighted by Gasteiger charge is 2.30. The van der Waals surface area contributed by atoms with Crippen LogP contribution in [0.5, 0.6) is 0 Å². The number of piperidine rings is 1. The molecule has 0 atom stereocenters. The van der Waals surface area contributed by atoms with E-state index in [4.69, 9.17) is 0 Å². The second kappa shape index (κ2) is 6.40. The first-order valence-corrected chi connectivity index (χ1v) is 6.87. The fourth-order valence-electron chi connectivity index (χ4n) is 2.73. The molecule has 3 rings (SSSR count). The van der Waals surface area contributed by atoms with Crippen molar-refractivity contribution in [3.05, 3.63) is 60.2 Å². The fraction of sp³-hybridized carbons (Fsp3) is 0.294. The molecule has 1 heterocycles. The van der Waals surface area contributed by atoms with Crippen molar-refractivity contribution in [1.29, 1.82) is 0 Å². The van der Waals surface area contributed by atoms with Gasteiger partial charge in [0.2, 0.25) is 0 Å². The molecule has 1 saturated heterocycles. The Labute approximate surface area is 126 Å². The lowest BCUT2D eigenvalue weighted by molar-refractivity contribution is 0.00595. The summed E-state index contributed by atoms with van der Waals surface area (Å²) >= 11 is 0. The van der Waals surface area contributed by atoms with Crippen LogP contribution in [0.1, 0.15) is 18.4 Å². The average Bonchev–Trinajstić information content (AvgIpc) is 2.49. The van der Waals surface area contributed by atoms with Gasteiger partial charge in [-0.2, -0.15) is 0 Å². The summed E-state index contributed by atoms with van der Waals surface area (Å²) in [7, 11) is 0. The number of hydrogen-bond donors (Lipinski definition) is 2. The first-order valence-electron chi connectivity index (χ1n) is 6.87. The molecule has 1 aliphatic rings. The van der Waals surface area contributed by atoms with Crippen LogP contribution in [0.2, 0.25) is 0 Å². The van der Waals surface area contributed by atoms with Crippen LogP contribution >= 0.6 is 12.4 Å². The van der Waals surface area contributed by atoms with E-state index in [0.29, 0.717) is 0 Å². The van der Waals surface area contributed by atoms with Gasteiger partial charge in [-0.1, -0.05) is 54.6 Å². The molecule has 0 bridgehead atoms. The third-order valence-corrected chi connectivity index (χ3v) is 3.96. The average molecular weight is 290 g/mol. The molecule has 2 nitrogen and oxygen atoms in total. The highest BCUT2D eigenvalue weighted by atomic mass is 35.5. The molecule has 20 heavy (non-hydrogen) atoms. The quantitative estimate of drug-likeness (QED) is 0.889. The molecule has 3 heteroatoms. The number of aliphatic hydroxyl groups is 1. The van der Waals surface area contributed by atoms with Gasteiger partial charge in [0.1, 0.15) is 0 Å². The third kappa shape index (κ3) is 3.04. The van der Waals surface area contributed by atoms with Crippen LogP contribution < -0.4 is 5.32 Å². The van der Waals surface area contributed by atoms with Gasteiger partial charge in [-0.3, -0.25) is 0 Å². The van der Waals surface area contributed by atoms with Gasteiger partial charge in [-0.05, 0) is 42.6 Å². The van der Waals surface area contributed by atoms with Gasteiger partial charge in [0.05, 0.1) is 5.60 Å². The van der Waals surface area contributed by atoms with E-state index in [1.807, 2.05) is 18.2 Å². The van der Waals surface area contributed by atoms with Crippen molar-refractivity contribution in [2.24, 2.45) is 0 Å². The Bertz CT molecular complexity index is 533. The van der Waals surface area contributed by atoms with Crippen molar-refractivity contribution in [1.82, 2.24) is 5.32 Å². The summed E-state index contributed by atoms with van der Waals surface area (Å²) in [5, 5.41) is 14.0. The van der Waals surface area contributed by atoms with Crippen molar-refractivity contribution in [3.63, 3.8) is 0 Å². The summed E-state index contributed by atoms with van der Waals surface area (Å²) in [6.07, 6.45) is 1.58. The van der Waals surface area contributed by atoms with Crippen LogP contribution in [0, 0.1) is 0 Å². The molecular weight excluding hydrogens is 270 g/mol.